The van der Waals surface area contributed by atoms with Crippen molar-refractivity contribution in [3.8, 4) is 0 Å². The quantitative estimate of drug-likeness (QED) is 0.334. The second-order valence-electron chi connectivity index (χ2n) is 11.0. The van der Waals surface area contributed by atoms with E-state index in [-0.39, 0.29) is 35.2 Å². The molecule has 2 aliphatic heterocycles. The first-order valence-corrected chi connectivity index (χ1v) is 13.4. The predicted molar refractivity (Wildman–Crippen MR) is 144 cm³/mol. The van der Waals surface area contributed by atoms with Gasteiger partial charge in [-0.2, -0.15) is 0 Å². The van der Waals surface area contributed by atoms with E-state index in [2.05, 4.69) is 52.7 Å². The zero-order chi connectivity index (χ0) is 27.1. The van der Waals surface area contributed by atoms with Gasteiger partial charge in [0.1, 0.15) is 11.2 Å². The number of carbonyl (C=O) groups is 2. The van der Waals surface area contributed by atoms with Gasteiger partial charge in [0.25, 0.3) is 0 Å². The Kier molecular flexibility index (Phi) is 8.03. The van der Waals surface area contributed by atoms with Crippen LogP contribution in [-0.2, 0) is 15.0 Å². The number of aliphatic hydroxyl groups is 2. The molecule has 4 rings (SSSR count). The third-order valence-corrected chi connectivity index (χ3v) is 7.96. The maximum absolute atomic E-state index is 14.9. The van der Waals surface area contributed by atoms with E-state index >= 15 is 0 Å². The van der Waals surface area contributed by atoms with E-state index in [0.29, 0.717) is 17.7 Å². The highest BCUT2D eigenvalue weighted by Crippen LogP contribution is 2.57. The Morgan fingerprint density at radius 3 is 2.68 bits per heavy atom. The van der Waals surface area contributed by atoms with Crippen LogP contribution < -0.4 is 16.0 Å². The lowest BCUT2D eigenvalue weighted by Gasteiger charge is -2.37. The van der Waals surface area contributed by atoms with E-state index < -0.39 is 41.9 Å². The number of rotatable bonds is 7. The molecular weight excluding hydrogens is 565 g/mol. The standard InChI is InChI=1S/C27H32BrClFN3O4/c1-26(2,3)12-21-27(17-10-19(30)18(29)11-20(17)32-25(27)37)22(14-5-4-6-15(28)9-14)23(33-21)24(36)31-8-7-16(35)13-34/h4-6,9-11,16,21-23,33-35H,7-8,12-13H2,1-3H3,(H,31,36)(H,32,37)/t16-,21+,22-,23+,27-/m0/s1. The summed E-state index contributed by atoms with van der Waals surface area (Å²) in [6, 6.07) is 8.85. The highest BCUT2D eigenvalue weighted by molar-refractivity contribution is 9.10. The van der Waals surface area contributed by atoms with Crippen LogP contribution in [0.15, 0.2) is 40.9 Å². The van der Waals surface area contributed by atoms with Gasteiger partial charge >= 0.3 is 0 Å². The average molecular weight is 597 g/mol. The third-order valence-electron chi connectivity index (χ3n) is 7.18. The molecule has 0 unspecified atom stereocenters. The van der Waals surface area contributed by atoms with E-state index in [4.69, 9.17) is 16.7 Å². The van der Waals surface area contributed by atoms with Gasteiger partial charge in [-0.15, -0.1) is 0 Å². The fourth-order valence-corrected chi connectivity index (χ4v) is 6.28. The largest absolute Gasteiger partial charge is 0.394 e. The predicted octanol–water partition coefficient (Wildman–Crippen LogP) is 3.85. The van der Waals surface area contributed by atoms with Gasteiger partial charge in [-0.25, -0.2) is 4.39 Å². The maximum atomic E-state index is 14.9. The van der Waals surface area contributed by atoms with Crippen LogP contribution in [0.3, 0.4) is 0 Å². The summed E-state index contributed by atoms with van der Waals surface area (Å²) in [6.07, 6.45) is -0.236. The number of nitrogens with one attached hydrogen (secondary N) is 3. The Labute approximate surface area is 229 Å². The average Bonchev–Trinajstić information content (AvgIpc) is 3.28. The van der Waals surface area contributed by atoms with Crippen molar-refractivity contribution in [2.24, 2.45) is 5.41 Å². The summed E-state index contributed by atoms with van der Waals surface area (Å²) >= 11 is 9.59. The van der Waals surface area contributed by atoms with Crippen molar-refractivity contribution in [3.63, 3.8) is 0 Å². The van der Waals surface area contributed by atoms with Crippen molar-refractivity contribution in [2.75, 3.05) is 18.5 Å². The summed E-state index contributed by atoms with van der Waals surface area (Å²) in [6.45, 7) is 5.90. The number of halogens is 3. The van der Waals surface area contributed by atoms with Crippen molar-refractivity contribution >= 4 is 45.0 Å². The number of hydrogen-bond donors (Lipinski definition) is 5. The minimum Gasteiger partial charge on any atom is -0.394 e. The molecule has 1 spiro atoms. The van der Waals surface area contributed by atoms with Crippen LogP contribution in [0.2, 0.25) is 5.02 Å². The number of amides is 2. The van der Waals surface area contributed by atoms with Gasteiger partial charge in [-0.3, -0.25) is 9.59 Å². The molecule has 0 bridgehead atoms. The van der Waals surface area contributed by atoms with Crippen molar-refractivity contribution in [3.05, 3.63) is 62.8 Å². The van der Waals surface area contributed by atoms with Gasteiger partial charge in [-0.05, 0) is 53.6 Å². The number of fused-ring (bicyclic) bond motifs is 2. The summed E-state index contributed by atoms with van der Waals surface area (Å²) in [4.78, 5) is 27.7. The molecule has 5 atom stereocenters. The van der Waals surface area contributed by atoms with Gasteiger partial charge in [0, 0.05) is 28.7 Å². The highest BCUT2D eigenvalue weighted by atomic mass is 79.9. The number of hydrogen-bond acceptors (Lipinski definition) is 5. The first kappa shape index (κ1) is 28.0. The molecule has 37 heavy (non-hydrogen) atoms. The topological polar surface area (TPSA) is 111 Å². The molecule has 2 aliphatic rings. The maximum Gasteiger partial charge on any atom is 0.237 e. The zero-order valence-electron chi connectivity index (χ0n) is 20.9. The molecule has 1 fully saturated rings. The first-order chi connectivity index (χ1) is 17.4. The minimum atomic E-state index is -1.29. The monoisotopic (exact) mass is 595 g/mol. The molecule has 10 heteroatoms. The van der Waals surface area contributed by atoms with Gasteiger partial charge in [0.05, 0.1) is 23.8 Å². The second-order valence-corrected chi connectivity index (χ2v) is 12.4. The lowest BCUT2D eigenvalue weighted by molar-refractivity contribution is -0.124. The molecule has 2 amide bonds. The Morgan fingerprint density at radius 2 is 2.03 bits per heavy atom. The normalized spacial score (nSPS) is 25.7. The number of aliphatic hydroxyl groups excluding tert-OH is 2. The fourth-order valence-electron chi connectivity index (χ4n) is 5.70. The zero-order valence-corrected chi connectivity index (χ0v) is 23.3. The summed E-state index contributed by atoms with van der Waals surface area (Å²) in [5.74, 6) is -1.98. The van der Waals surface area contributed by atoms with Crippen molar-refractivity contribution < 1.29 is 24.2 Å². The van der Waals surface area contributed by atoms with E-state index in [1.807, 2.05) is 24.3 Å². The number of benzene rings is 2. The van der Waals surface area contributed by atoms with Crippen molar-refractivity contribution in [2.45, 2.75) is 63.1 Å². The Bertz CT molecular complexity index is 1210. The molecule has 2 aromatic rings. The molecule has 2 aromatic carbocycles. The Balaban J connectivity index is 1.89. The molecule has 0 aromatic heterocycles. The van der Waals surface area contributed by atoms with E-state index in [9.17, 15) is 19.1 Å². The van der Waals surface area contributed by atoms with Crippen LogP contribution in [0.5, 0.6) is 0 Å². The number of anilines is 1. The summed E-state index contributed by atoms with van der Waals surface area (Å²) in [7, 11) is 0. The molecule has 0 radical (unpaired) electrons. The smallest absolute Gasteiger partial charge is 0.237 e. The lowest BCUT2D eigenvalue weighted by Crippen LogP contribution is -2.49. The molecular formula is C27H32BrClFN3O4. The molecule has 200 valence electrons. The van der Waals surface area contributed by atoms with Crippen LogP contribution in [0.25, 0.3) is 0 Å². The molecule has 1 saturated heterocycles. The van der Waals surface area contributed by atoms with Gasteiger partial charge in [0.2, 0.25) is 11.8 Å². The van der Waals surface area contributed by atoms with E-state index in [1.165, 1.54) is 12.1 Å². The van der Waals surface area contributed by atoms with Crippen LogP contribution in [-0.4, -0.2) is 53.4 Å². The van der Waals surface area contributed by atoms with Crippen LogP contribution in [0, 0.1) is 11.2 Å². The first-order valence-electron chi connectivity index (χ1n) is 12.3. The van der Waals surface area contributed by atoms with E-state index in [1.54, 1.807) is 0 Å². The summed E-state index contributed by atoms with van der Waals surface area (Å²) in [5.41, 5.74) is 0.131. The van der Waals surface area contributed by atoms with Crippen molar-refractivity contribution in [1.29, 1.82) is 0 Å². The highest BCUT2D eigenvalue weighted by Gasteiger charge is 2.65. The van der Waals surface area contributed by atoms with E-state index in [0.717, 1.165) is 10.0 Å². The van der Waals surface area contributed by atoms with Crippen LogP contribution >= 0.6 is 27.5 Å². The summed E-state index contributed by atoms with van der Waals surface area (Å²) < 4.78 is 15.7. The number of carbonyl (C=O) groups excluding carboxylic acids is 2. The molecule has 0 saturated carbocycles. The fraction of sp³-hybridized carbons (Fsp3) is 0.481. The molecule has 2 heterocycles. The minimum absolute atomic E-state index is 0.0924. The Morgan fingerprint density at radius 1 is 1.30 bits per heavy atom. The molecule has 5 N–H and O–H groups in total. The SMILES string of the molecule is CC(C)(C)C[C@H]1N[C@@H](C(=O)NCC[C@H](O)CO)[C@H](c2cccc(Br)c2)[C@@]12C(=O)Nc1cc(Cl)c(F)cc12. The lowest BCUT2D eigenvalue weighted by atomic mass is 9.62. The van der Waals surface area contributed by atoms with Gasteiger partial charge in [-0.1, -0.05) is 60.4 Å². The molecule has 7 nitrogen and oxygen atoms in total. The van der Waals surface area contributed by atoms with Crippen LogP contribution in [0.4, 0.5) is 10.1 Å². The third kappa shape index (κ3) is 5.29. The van der Waals surface area contributed by atoms with Crippen LogP contribution in [0.1, 0.15) is 50.7 Å². The summed E-state index contributed by atoms with van der Waals surface area (Å²) in [5, 5.41) is 27.9. The second kappa shape index (κ2) is 10.6. The Hall–Kier alpha value is -2.04. The van der Waals surface area contributed by atoms with Gasteiger partial charge < -0.3 is 26.2 Å². The van der Waals surface area contributed by atoms with Crippen molar-refractivity contribution in [1.82, 2.24) is 10.6 Å². The molecule has 0 aliphatic carbocycles. The van der Waals surface area contributed by atoms with Gasteiger partial charge in [0.15, 0.2) is 0 Å².